The van der Waals surface area contributed by atoms with Gasteiger partial charge in [0.2, 0.25) is 0 Å². The number of fused-ring (bicyclic) bond motifs is 1. The normalized spacial score (nSPS) is 42.6. The number of rotatable bonds is 2. The fourth-order valence-corrected chi connectivity index (χ4v) is 10.7. The van der Waals surface area contributed by atoms with Crippen LogP contribution in [-0.2, 0) is 38.1 Å². The minimum Gasteiger partial charge on any atom is -0.462 e. The summed E-state index contributed by atoms with van der Waals surface area (Å²) in [4.78, 5) is 66.3. The second kappa shape index (κ2) is 16.9. The van der Waals surface area contributed by atoms with Crippen molar-refractivity contribution in [1.29, 1.82) is 0 Å². The van der Waals surface area contributed by atoms with Gasteiger partial charge in [0.05, 0.1) is 53.6 Å². The molecule has 338 valence electrons. The van der Waals surface area contributed by atoms with Crippen molar-refractivity contribution in [3.8, 4) is 0 Å². The maximum atomic E-state index is 14.9. The Hall–Kier alpha value is -4.45. The van der Waals surface area contributed by atoms with E-state index < -0.39 is 95.0 Å². The number of carbonyl (C=O) groups is 4. The van der Waals surface area contributed by atoms with E-state index in [-0.39, 0.29) is 51.3 Å². The molecule has 11 atom stereocenters. The lowest BCUT2D eigenvalue weighted by molar-refractivity contribution is -0.169. The van der Waals surface area contributed by atoms with Crippen LogP contribution < -0.4 is 10.6 Å². The molecule has 1 spiro atoms. The van der Waals surface area contributed by atoms with Crippen LogP contribution in [0.1, 0.15) is 55.4 Å². The summed E-state index contributed by atoms with van der Waals surface area (Å²) in [6.07, 6.45) is 2.56. The molecule has 5 aliphatic heterocycles. The van der Waals surface area contributed by atoms with E-state index >= 15 is 0 Å². The predicted molar refractivity (Wildman–Crippen MR) is 227 cm³/mol. The van der Waals surface area contributed by atoms with E-state index in [1.165, 1.54) is 27.2 Å². The minimum absolute atomic E-state index is 0.0326. The molecule has 5 heterocycles. The predicted octanol–water partition coefficient (Wildman–Crippen LogP) is 1.90. The van der Waals surface area contributed by atoms with Gasteiger partial charge >= 0.3 is 11.8 Å². The van der Waals surface area contributed by atoms with Crippen LogP contribution in [0.25, 0.3) is 0 Å². The van der Waals surface area contributed by atoms with Crippen LogP contribution in [0.3, 0.4) is 0 Å². The number of hydrogen-bond donors (Lipinski definition) is 5. The molecule has 62 heavy (non-hydrogen) atoms. The average molecular weight is 862 g/mol. The molecule has 3 fully saturated rings. The summed E-state index contributed by atoms with van der Waals surface area (Å²) in [5, 5.41) is 41.6. The first-order chi connectivity index (χ1) is 29.1. The lowest BCUT2D eigenvalue weighted by atomic mass is 9.71. The Bertz CT molecular complexity index is 2090. The summed E-state index contributed by atoms with van der Waals surface area (Å²) < 4.78 is 24.1. The first-order valence-corrected chi connectivity index (χ1v) is 21.6. The highest BCUT2D eigenvalue weighted by Crippen LogP contribution is 2.52. The molecule has 3 saturated heterocycles. The summed E-state index contributed by atoms with van der Waals surface area (Å²) in [5.41, 5.74) is 0.481. The van der Waals surface area contributed by atoms with E-state index in [0.717, 1.165) is 0 Å². The number of allylic oxidation sites excluding steroid dienone is 5. The third-order valence-electron chi connectivity index (χ3n) is 14.3. The lowest BCUT2D eigenvalue weighted by Gasteiger charge is -2.54. The number of carbonyl (C=O) groups excluding carboxylic acids is 4. The molecule has 1 amide bonds. The number of esters is 1. The molecule has 0 aromatic rings. The van der Waals surface area contributed by atoms with Crippen molar-refractivity contribution < 1.29 is 53.4 Å². The highest BCUT2D eigenvalue weighted by Gasteiger charge is 2.62. The number of ether oxygens (including phenoxy) is 4. The SMILES string of the molecule is CO[C@H]1/C=C/O[C@@]2(C)OC3=C(C)C(O)C4C(=O)C(=C5NC6(N=C5C4=C3C2=O)C2CN(C)CC6CN(C)C2)NC(=O)/C(C)=C\C=C\[C@H](C)[C@H](O)[C@@H](C)[C@@H](O)[C@@H](C)[C@H](OC(C)=O)[C@@H]1C. The number of ketones is 2. The standard InChI is InChI=1S/C46H63N5O11/c1-21-13-12-14-22(2)44(58)47-36-35-34(48-46(49-35)28-17-50(9)18-29(46)20-51(10)19-28)31-32(40(36)56)39(55)26(6)42-33(31)43(57)45(8,62-42)60-16-15-30(59-11)23(3)41(61-27(7)52)25(5)38(54)24(4)37(21)53/h12-16,21,23-25,28-30,32,37-39,41,49,53-55H,17-20H2,1-11H3,(H,47,58)/b13-12+,16-15+,22-14-/t21-,23+,24+,25+,28?,29?,30-,32?,37-,38+,39?,41+,45-,46?/m0/s1. The summed E-state index contributed by atoms with van der Waals surface area (Å²) in [6.45, 7) is 15.8. The van der Waals surface area contributed by atoms with E-state index in [1.807, 2.05) is 0 Å². The minimum atomic E-state index is -1.95. The number of amides is 1. The van der Waals surface area contributed by atoms with Crippen LogP contribution in [0.2, 0.25) is 0 Å². The molecule has 0 aromatic heterocycles. The zero-order valence-electron chi connectivity index (χ0n) is 37.6. The number of nitrogens with one attached hydrogen (secondary N) is 2. The largest absolute Gasteiger partial charge is 0.462 e. The van der Waals surface area contributed by atoms with Gasteiger partial charge in [-0.3, -0.25) is 24.2 Å². The monoisotopic (exact) mass is 861 g/mol. The first-order valence-electron chi connectivity index (χ1n) is 21.6. The second-order valence-electron chi connectivity index (χ2n) is 18.8. The zero-order valence-corrected chi connectivity index (χ0v) is 37.6. The van der Waals surface area contributed by atoms with Crippen molar-refractivity contribution >= 4 is 29.2 Å². The number of hydrogen-bond acceptors (Lipinski definition) is 15. The van der Waals surface area contributed by atoms with Crippen LogP contribution in [0.4, 0.5) is 0 Å². The van der Waals surface area contributed by atoms with Gasteiger partial charge in [-0.2, -0.15) is 0 Å². The van der Waals surface area contributed by atoms with Gasteiger partial charge in [0.1, 0.15) is 23.2 Å². The van der Waals surface area contributed by atoms with Gasteiger partial charge in [-0.1, -0.05) is 45.9 Å². The van der Waals surface area contributed by atoms with Crippen LogP contribution in [0.5, 0.6) is 0 Å². The van der Waals surface area contributed by atoms with E-state index in [4.69, 9.17) is 23.9 Å². The van der Waals surface area contributed by atoms with E-state index in [1.54, 1.807) is 65.8 Å². The molecule has 5 N–H and O–H groups in total. The Morgan fingerprint density at radius 2 is 1.55 bits per heavy atom. The van der Waals surface area contributed by atoms with Crippen molar-refractivity contribution in [2.24, 2.45) is 46.4 Å². The highest BCUT2D eigenvalue weighted by atomic mass is 16.7. The number of aliphatic imine (C=N–C) groups is 1. The third kappa shape index (κ3) is 7.59. The first kappa shape index (κ1) is 45.6. The van der Waals surface area contributed by atoms with Crippen LogP contribution >= 0.6 is 0 Å². The Kier molecular flexibility index (Phi) is 12.4. The molecular weight excluding hydrogens is 799 g/mol. The number of aliphatic hydroxyl groups is 3. The maximum Gasteiger partial charge on any atom is 0.312 e. The number of likely N-dealkylation sites (tertiary alicyclic amines) is 2. The lowest BCUT2D eigenvalue weighted by Crippen LogP contribution is -2.69. The van der Waals surface area contributed by atoms with Crippen molar-refractivity contribution in [2.75, 3.05) is 47.4 Å². The second-order valence-corrected chi connectivity index (χ2v) is 18.8. The average Bonchev–Trinajstić information content (AvgIpc) is 3.73. The van der Waals surface area contributed by atoms with Gasteiger partial charge < -0.3 is 54.7 Å². The number of Topliss-reactive ketones (excluding diaryl/α,β-unsaturated/α-hetero) is 2. The highest BCUT2D eigenvalue weighted by molar-refractivity contribution is 6.29. The topological polar surface area (TPSA) is 209 Å². The Morgan fingerprint density at radius 1 is 0.919 bits per heavy atom. The number of aliphatic hydroxyl groups excluding tert-OH is 3. The van der Waals surface area contributed by atoms with Gasteiger partial charge in [-0.05, 0) is 39.6 Å². The van der Waals surface area contributed by atoms with Crippen molar-refractivity contribution in [3.63, 3.8) is 0 Å². The molecule has 2 unspecified atom stereocenters. The van der Waals surface area contributed by atoms with E-state index in [0.29, 0.717) is 31.9 Å². The fraction of sp³-hybridized carbons (Fsp3) is 0.630. The fourth-order valence-electron chi connectivity index (χ4n) is 10.7. The molecule has 0 radical (unpaired) electrons. The molecular formula is C46H63N5O11. The Morgan fingerprint density at radius 3 is 2.15 bits per heavy atom. The molecule has 0 aromatic carbocycles. The van der Waals surface area contributed by atoms with Gasteiger partial charge in [0.15, 0.2) is 5.78 Å². The summed E-state index contributed by atoms with van der Waals surface area (Å²) in [5.74, 6) is -7.91. The van der Waals surface area contributed by atoms with E-state index in [2.05, 4.69) is 34.5 Å². The van der Waals surface area contributed by atoms with Crippen molar-refractivity contribution in [2.45, 2.75) is 97.4 Å². The quantitative estimate of drug-likeness (QED) is 0.252. The van der Waals surface area contributed by atoms with Crippen LogP contribution in [-0.4, -0.2) is 144 Å². The van der Waals surface area contributed by atoms with Gasteiger partial charge in [0.25, 0.3) is 11.7 Å². The molecule has 2 aliphatic carbocycles. The van der Waals surface area contributed by atoms with E-state index in [9.17, 15) is 34.5 Å². The zero-order chi connectivity index (χ0) is 45.3. The van der Waals surface area contributed by atoms with Gasteiger partial charge in [0, 0.05) is 93.8 Å². The van der Waals surface area contributed by atoms with Crippen molar-refractivity contribution in [3.05, 3.63) is 70.0 Å². The number of methoxy groups -OCH3 is 1. The third-order valence-corrected chi connectivity index (χ3v) is 14.3. The molecule has 7 aliphatic rings. The van der Waals surface area contributed by atoms with Crippen LogP contribution in [0.15, 0.2) is 75.0 Å². The molecule has 0 saturated carbocycles. The number of piperidine rings is 2. The Balaban J connectivity index is 1.39. The Labute approximate surface area is 363 Å². The molecule has 16 heteroatoms. The van der Waals surface area contributed by atoms with Crippen LogP contribution in [0, 0.1) is 41.4 Å². The summed E-state index contributed by atoms with van der Waals surface area (Å²) in [6, 6.07) is 0. The molecule has 7 rings (SSSR count). The van der Waals surface area contributed by atoms with Crippen molar-refractivity contribution in [1.82, 2.24) is 20.4 Å². The number of nitrogens with zero attached hydrogens (tertiary/aromatic N) is 3. The summed E-state index contributed by atoms with van der Waals surface area (Å²) in [7, 11) is 5.61. The maximum absolute atomic E-state index is 14.9. The molecule has 16 nitrogen and oxygen atoms in total. The molecule has 6 bridgehead atoms. The van der Waals surface area contributed by atoms with Gasteiger partial charge in [-0.15, -0.1) is 0 Å². The smallest absolute Gasteiger partial charge is 0.312 e. The van der Waals surface area contributed by atoms with Gasteiger partial charge in [-0.25, -0.2) is 0 Å². The summed E-state index contributed by atoms with van der Waals surface area (Å²) >= 11 is 0.